The minimum absolute atomic E-state index is 0.300. The fourth-order valence-corrected chi connectivity index (χ4v) is 2.30. The Morgan fingerprint density at radius 3 is 2.60 bits per heavy atom. The minimum Gasteiger partial charge on any atom is -0.497 e. The predicted molar refractivity (Wildman–Crippen MR) is 62.3 cm³/mol. The number of methoxy groups -OCH3 is 1. The lowest BCUT2D eigenvalue weighted by Gasteiger charge is -2.24. The van der Waals surface area contributed by atoms with Gasteiger partial charge in [-0.05, 0) is 50.4 Å². The Bertz CT molecular complexity index is 312. The summed E-state index contributed by atoms with van der Waals surface area (Å²) in [5.74, 6) is 0.934. The molecule has 0 saturated carbocycles. The fourth-order valence-electron chi connectivity index (χ4n) is 2.30. The van der Waals surface area contributed by atoms with Crippen LogP contribution in [0, 0.1) is 0 Å². The molecule has 0 bridgehead atoms. The van der Waals surface area contributed by atoms with E-state index in [-0.39, 0.29) is 0 Å². The molecule has 2 nitrogen and oxygen atoms in total. The van der Waals surface area contributed by atoms with E-state index in [1.54, 1.807) is 7.11 Å². The van der Waals surface area contributed by atoms with E-state index in [0.717, 1.165) is 18.7 Å². The Kier molecular flexibility index (Phi) is 2.96. The van der Waals surface area contributed by atoms with Crippen LogP contribution in [0.25, 0.3) is 0 Å². The van der Waals surface area contributed by atoms with Crippen LogP contribution in [0.15, 0.2) is 24.3 Å². The topological polar surface area (TPSA) is 21.3 Å². The van der Waals surface area contributed by atoms with Crippen molar-refractivity contribution in [2.45, 2.75) is 31.7 Å². The summed E-state index contributed by atoms with van der Waals surface area (Å²) in [5, 5.41) is 3.58. The Morgan fingerprint density at radius 2 is 2.07 bits per heavy atom. The van der Waals surface area contributed by atoms with E-state index in [1.807, 2.05) is 12.1 Å². The molecule has 1 heterocycles. The molecule has 0 aromatic heterocycles. The zero-order valence-corrected chi connectivity index (χ0v) is 9.55. The average molecular weight is 205 g/mol. The molecule has 2 rings (SSSR count). The quantitative estimate of drug-likeness (QED) is 0.818. The third-order valence-corrected chi connectivity index (χ3v) is 3.21. The Morgan fingerprint density at radius 1 is 1.33 bits per heavy atom. The van der Waals surface area contributed by atoms with E-state index >= 15 is 0 Å². The van der Waals surface area contributed by atoms with Crippen molar-refractivity contribution < 1.29 is 4.74 Å². The molecule has 1 aromatic rings. The van der Waals surface area contributed by atoms with E-state index in [2.05, 4.69) is 24.4 Å². The lowest BCUT2D eigenvalue weighted by Crippen LogP contribution is -2.38. The highest BCUT2D eigenvalue weighted by atomic mass is 16.5. The van der Waals surface area contributed by atoms with Gasteiger partial charge >= 0.3 is 0 Å². The normalized spacial score (nSPS) is 25.5. The first-order valence-corrected chi connectivity index (χ1v) is 5.60. The van der Waals surface area contributed by atoms with Gasteiger partial charge in [-0.25, -0.2) is 0 Å². The molecule has 1 aliphatic rings. The summed E-state index contributed by atoms with van der Waals surface area (Å²) >= 11 is 0. The third-order valence-electron chi connectivity index (χ3n) is 3.21. The molecule has 1 saturated heterocycles. The number of hydrogen-bond donors (Lipinski definition) is 1. The molecule has 15 heavy (non-hydrogen) atoms. The summed E-state index contributed by atoms with van der Waals surface area (Å²) in [7, 11) is 1.70. The number of nitrogens with one attached hydrogen (secondary N) is 1. The first-order chi connectivity index (χ1) is 7.22. The van der Waals surface area contributed by atoms with Crippen molar-refractivity contribution in [2.24, 2.45) is 0 Å². The van der Waals surface area contributed by atoms with Gasteiger partial charge in [-0.15, -0.1) is 0 Å². The molecule has 82 valence electrons. The Labute approximate surface area is 91.6 Å². The fraction of sp³-hybridized carbons (Fsp3) is 0.538. The number of hydrogen-bond acceptors (Lipinski definition) is 2. The molecule has 0 radical (unpaired) electrons. The molecule has 1 atom stereocenters. The molecule has 1 aromatic carbocycles. The summed E-state index contributed by atoms with van der Waals surface area (Å²) in [6, 6.07) is 8.38. The van der Waals surface area contributed by atoms with Crippen LogP contribution in [0.3, 0.4) is 0 Å². The van der Waals surface area contributed by atoms with E-state index in [9.17, 15) is 0 Å². The van der Waals surface area contributed by atoms with Crippen molar-refractivity contribution in [3.8, 4) is 5.75 Å². The van der Waals surface area contributed by atoms with Gasteiger partial charge in [0, 0.05) is 5.54 Å². The van der Waals surface area contributed by atoms with Crippen LogP contribution in [-0.4, -0.2) is 19.2 Å². The summed E-state index contributed by atoms with van der Waals surface area (Å²) in [4.78, 5) is 0. The Hall–Kier alpha value is -1.02. The zero-order valence-electron chi connectivity index (χ0n) is 9.55. The number of rotatable bonds is 3. The van der Waals surface area contributed by atoms with E-state index < -0.39 is 0 Å². The highest BCUT2D eigenvalue weighted by molar-refractivity contribution is 5.28. The van der Waals surface area contributed by atoms with Crippen molar-refractivity contribution in [3.63, 3.8) is 0 Å². The van der Waals surface area contributed by atoms with Gasteiger partial charge in [0.25, 0.3) is 0 Å². The molecule has 0 aliphatic carbocycles. The Balaban J connectivity index is 2.04. The van der Waals surface area contributed by atoms with Gasteiger partial charge in [0.15, 0.2) is 0 Å². The highest BCUT2D eigenvalue weighted by Gasteiger charge is 2.27. The third kappa shape index (κ3) is 2.51. The summed E-state index contributed by atoms with van der Waals surface area (Å²) in [6.45, 7) is 3.47. The maximum atomic E-state index is 5.15. The van der Waals surface area contributed by atoms with Crippen LogP contribution in [0.2, 0.25) is 0 Å². The van der Waals surface area contributed by atoms with E-state index in [0.29, 0.717) is 5.54 Å². The van der Waals surface area contributed by atoms with Crippen molar-refractivity contribution in [3.05, 3.63) is 29.8 Å². The molecule has 1 aliphatic heterocycles. The second-order valence-electron chi connectivity index (χ2n) is 4.62. The first-order valence-electron chi connectivity index (χ1n) is 5.60. The molecule has 0 spiro atoms. The van der Waals surface area contributed by atoms with Crippen LogP contribution < -0.4 is 10.1 Å². The smallest absolute Gasteiger partial charge is 0.118 e. The van der Waals surface area contributed by atoms with Crippen molar-refractivity contribution in [2.75, 3.05) is 13.7 Å². The average Bonchev–Trinajstić information content (AvgIpc) is 2.66. The van der Waals surface area contributed by atoms with Gasteiger partial charge in [-0.3, -0.25) is 0 Å². The molecular formula is C13H19NO. The molecule has 1 N–H and O–H groups in total. The van der Waals surface area contributed by atoms with E-state index in [4.69, 9.17) is 4.74 Å². The van der Waals surface area contributed by atoms with Gasteiger partial charge in [-0.1, -0.05) is 12.1 Å². The molecule has 2 heteroatoms. The number of benzene rings is 1. The SMILES string of the molecule is COc1ccc(CC2(C)CCCN2)cc1. The zero-order chi connectivity index (χ0) is 10.7. The van der Waals surface area contributed by atoms with Gasteiger partial charge in [0.1, 0.15) is 5.75 Å². The van der Waals surface area contributed by atoms with Crippen LogP contribution >= 0.6 is 0 Å². The molecular weight excluding hydrogens is 186 g/mol. The van der Waals surface area contributed by atoms with Gasteiger partial charge in [-0.2, -0.15) is 0 Å². The highest BCUT2D eigenvalue weighted by Crippen LogP contribution is 2.24. The van der Waals surface area contributed by atoms with Crippen molar-refractivity contribution in [1.82, 2.24) is 5.32 Å². The molecule has 0 amide bonds. The maximum absolute atomic E-state index is 5.15. The minimum atomic E-state index is 0.300. The van der Waals surface area contributed by atoms with Crippen LogP contribution in [0.5, 0.6) is 5.75 Å². The summed E-state index contributed by atoms with van der Waals surface area (Å²) in [6.07, 6.45) is 3.68. The van der Waals surface area contributed by atoms with Crippen LogP contribution in [0.4, 0.5) is 0 Å². The van der Waals surface area contributed by atoms with Crippen LogP contribution in [0.1, 0.15) is 25.3 Å². The second-order valence-corrected chi connectivity index (χ2v) is 4.62. The first kappa shape index (κ1) is 10.5. The summed E-state index contributed by atoms with van der Waals surface area (Å²) < 4.78 is 5.15. The van der Waals surface area contributed by atoms with Crippen LogP contribution in [-0.2, 0) is 6.42 Å². The molecule has 1 fully saturated rings. The number of ether oxygens (including phenoxy) is 1. The largest absolute Gasteiger partial charge is 0.497 e. The molecule has 1 unspecified atom stereocenters. The van der Waals surface area contributed by atoms with Crippen molar-refractivity contribution in [1.29, 1.82) is 0 Å². The monoisotopic (exact) mass is 205 g/mol. The standard InChI is InChI=1S/C13H19NO/c1-13(8-3-9-14-13)10-11-4-6-12(15-2)7-5-11/h4-7,14H,3,8-10H2,1-2H3. The maximum Gasteiger partial charge on any atom is 0.118 e. The van der Waals surface area contributed by atoms with Gasteiger partial charge in [0.05, 0.1) is 7.11 Å². The lowest BCUT2D eigenvalue weighted by atomic mass is 9.91. The summed E-state index contributed by atoms with van der Waals surface area (Å²) in [5.41, 5.74) is 1.68. The van der Waals surface area contributed by atoms with E-state index in [1.165, 1.54) is 18.4 Å². The lowest BCUT2D eigenvalue weighted by molar-refractivity contribution is 0.408. The predicted octanol–water partition coefficient (Wildman–Crippen LogP) is 2.38. The van der Waals surface area contributed by atoms with Gasteiger partial charge in [0.2, 0.25) is 0 Å². The second kappa shape index (κ2) is 4.23. The van der Waals surface area contributed by atoms with Crippen molar-refractivity contribution >= 4 is 0 Å². The van der Waals surface area contributed by atoms with Gasteiger partial charge < -0.3 is 10.1 Å².